The van der Waals surface area contributed by atoms with E-state index in [0.29, 0.717) is 10.0 Å². The highest BCUT2D eigenvalue weighted by molar-refractivity contribution is 6.35. The molecule has 5 rings (SSSR count). The number of halogens is 2. The van der Waals surface area contributed by atoms with Crippen molar-refractivity contribution in [1.82, 2.24) is 14.5 Å². The molecule has 1 aromatic heterocycles. The van der Waals surface area contributed by atoms with Crippen molar-refractivity contribution in [3.05, 3.63) is 58.3 Å². The highest BCUT2D eigenvalue weighted by Gasteiger charge is 2.26. The normalized spacial score (nSPS) is 19.8. The molecule has 0 spiro atoms. The van der Waals surface area contributed by atoms with E-state index in [1.807, 2.05) is 24.5 Å². The molecule has 2 saturated heterocycles. The molecule has 0 aliphatic carbocycles. The second-order valence-electron chi connectivity index (χ2n) is 8.98. The van der Waals surface area contributed by atoms with Crippen molar-refractivity contribution in [1.29, 1.82) is 0 Å². The number of likely N-dealkylation sites (tertiary alicyclic amines) is 1. The minimum absolute atomic E-state index is 0.0786. The van der Waals surface area contributed by atoms with Crippen LogP contribution < -0.4 is 4.90 Å². The molecule has 2 aliphatic rings. The summed E-state index contributed by atoms with van der Waals surface area (Å²) < 4.78 is 2.22. The second-order valence-corrected chi connectivity index (χ2v) is 9.83. The number of benzene rings is 2. The van der Waals surface area contributed by atoms with Crippen molar-refractivity contribution >= 4 is 39.9 Å². The minimum atomic E-state index is 0.0786. The Morgan fingerprint density at radius 3 is 2.45 bits per heavy atom. The molecule has 4 nitrogen and oxygen atoms in total. The summed E-state index contributed by atoms with van der Waals surface area (Å²) in [7, 11) is 0. The van der Waals surface area contributed by atoms with Crippen LogP contribution in [0.4, 0.5) is 5.69 Å². The fourth-order valence-corrected chi connectivity index (χ4v) is 5.85. The lowest BCUT2D eigenvalue weighted by molar-refractivity contribution is 0.141. The molecule has 0 radical (unpaired) electrons. The first-order valence-corrected chi connectivity index (χ1v) is 12.3. The molecule has 0 saturated carbocycles. The van der Waals surface area contributed by atoms with Crippen molar-refractivity contribution in [3.63, 3.8) is 0 Å². The van der Waals surface area contributed by atoms with E-state index in [-0.39, 0.29) is 6.04 Å². The summed E-state index contributed by atoms with van der Waals surface area (Å²) >= 11 is 12.6. The van der Waals surface area contributed by atoms with Crippen LogP contribution in [0.15, 0.2) is 42.7 Å². The van der Waals surface area contributed by atoms with Crippen LogP contribution in [-0.2, 0) is 0 Å². The number of fused-ring (bicyclic) bond motifs is 1. The van der Waals surface area contributed by atoms with Crippen LogP contribution in [0, 0.1) is 0 Å². The molecule has 0 N–H and O–H groups in total. The minimum Gasteiger partial charge on any atom is -0.371 e. The van der Waals surface area contributed by atoms with Gasteiger partial charge in [-0.15, -0.1) is 0 Å². The van der Waals surface area contributed by atoms with Gasteiger partial charge in [0.05, 0.1) is 23.4 Å². The van der Waals surface area contributed by atoms with Gasteiger partial charge < -0.3 is 14.4 Å². The van der Waals surface area contributed by atoms with E-state index in [2.05, 4.69) is 44.5 Å². The second kappa shape index (κ2) is 9.01. The molecule has 2 fully saturated rings. The first kappa shape index (κ1) is 21.1. The van der Waals surface area contributed by atoms with E-state index in [1.165, 1.54) is 50.9 Å². The van der Waals surface area contributed by atoms with Crippen molar-refractivity contribution in [3.8, 4) is 0 Å². The molecule has 6 heteroatoms. The first-order chi connectivity index (χ1) is 15.1. The van der Waals surface area contributed by atoms with E-state index in [9.17, 15) is 0 Å². The molecule has 0 amide bonds. The summed E-state index contributed by atoms with van der Waals surface area (Å²) in [6.07, 6.45) is 8.59. The van der Waals surface area contributed by atoms with E-state index in [0.717, 1.165) is 35.7 Å². The highest BCUT2D eigenvalue weighted by Crippen LogP contribution is 2.32. The van der Waals surface area contributed by atoms with Crippen LogP contribution in [0.25, 0.3) is 11.0 Å². The van der Waals surface area contributed by atoms with Crippen molar-refractivity contribution in [2.75, 3.05) is 31.1 Å². The Morgan fingerprint density at radius 1 is 0.935 bits per heavy atom. The molecule has 2 aromatic carbocycles. The van der Waals surface area contributed by atoms with E-state index in [4.69, 9.17) is 23.2 Å². The Balaban J connectivity index is 1.35. The molecule has 0 unspecified atom stereocenters. The average molecular weight is 457 g/mol. The maximum absolute atomic E-state index is 6.49. The summed E-state index contributed by atoms with van der Waals surface area (Å²) in [6, 6.07) is 13.2. The van der Waals surface area contributed by atoms with Crippen LogP contribution in [0.5, 0.6) is 0 Å². The summed E-state index contributed by atoms with van der Waals surface area (Å²) in [5.41, 5.74) is 4.51. The number of aromatic nitrogens is 2. The van der Waals surface area contributed by atoms with Crippen LogP contribution in [0.2, 0.25) is 10.0 Å². The number of hydrogen-bond acceptors (Lipinski definition) is 3. The van der Waals surface area contributed by atoms with Crippen molar-refractivity contribution in [2.24, 2.45) is 0 Å². The molecule has 31 heavy (non-hydrogen) atoms. The number of piperidine rings is 2. The Hall–Kier alpha value is -1.75. The average Bonchev–Trinajstić information content (AvgIpc) is 3.23. The van der Waals surface area contributed by atoms with Gasteiger partial charge in [0, 0.05) is 34.9 Å². The Kier molecular flexibility index (Phi) is 6.14. The maximum Gasteiger partial charge on any atom is 0.0964 e. The summed E-state index contributed by atoms with van der Waals surface area (Å²) in [6.45, 7) is 6.99. The SMILES string of the molecule is C[C@H](c1ccc(Cl)cc1Cl)n1cnc2ccc(N3CCC(N4CCCCC4)CC3)cc21. The predicted molar refractivity (Wildman–Crippen MR) is 131 cm³/mol. The zero-order chi connectivity index (χ0) is 21.4. The van der Waals surface area contributed by atoms with Gasteiger partial charge in [0.25, 0.3) is 0 Å². The van der Waals surface area contributed by atoms with Gasteiger partial charge >= 0.3 is 0 Å². The predicted octanol–water partition coefficient (Wildman–Crippen LogP) is 6.41. The Labute approximate surface area is 194 Å². The number of rotatable bonds is 4. The van der Waals surface area contributed by atoms with E-state index < -0.39 is 0 Å². The largest absolute Gasteiger partial charge is 0.371 e. The monoisotopic (exact) mass is 456 g/mol. The molecule has 1 atom stereocenters. The third kappa shape index (κ3) is 4.30. The molecule has 3 heterocycles. The van der Waals surface area contributed by atoms with Gasteiger partial charge in [0.15, 0.2) is 0 Å². The van der Waals surface area contributed by atoms with Gasteiger partial charge in [-0.05, 0) is 81.6 Å². The number of hydrogen-bond donors (Lipinski definition) is 0. The lowest BCUT2D eigenvalue weighted by Gasteiger charge is -2.41. The van der Waals surface area contributed by atoms with Crippen molar-refractivity contribution in [2.45, 2.75) is 51.1 Å². The smallest absolute Gasteiger partial charge is 0.0964 e. The fourth-order valence-electron chi connectivity index (χ4n) is 5.28. The standard InChI is InChI=1S/C25H30Cl2N4/c1-18(22-7-5-19(26)15-23(22)27)31-17-28-24-8-6-21(16-25(24)31)30-13-9-20(10-14-30)29-11-3-2-4-12-29/h5-8,15-18,20H,2-4,9-14H2,1H3/t18-/m1/s1. The quantitative estimate of drug-likeness (QED) is 0.453. The van der Waals surface area contributed by atoms with Gasteiger partial charge in [-0.1, -0.05) is 35.7 Å². The number of anilines is 1. The van der Waals surface area contributed by atoms with Gasteiger partial charge in [0.1, 0.15) is 0 Å². The molecule has 2 aliphatic heterocycles. The lowest BCUT2D eigenvalue weighted by Crippen LogP contribution is -2.46. The van der Waals surface area contributed by atoms with Gasteiger partial charge in [-0.3, -0.25) is 0 Å². The van der Waals surface area contributed by atoms with Crippen LogP contribution >= 0.6 is 23.2 Å². The number of imidazole rings is 1. The summed E-state index contributed by atoms with van der Waals surface area (Å²) in [5.74, 6) is 0. The zero-order valence-electron chi connectivity index (χ0n) is 18.1. The highest BCUT2D eigenvalue weighted by atomic mass is 35.5. The molecule has 3 aromatic rings. The third-order valence-corrected chi connectivity index (χ3v) is 7.69. The molecular weight excluding hydrogens is 427 g/mol. The van der Waals surface area contributed by atoms with Crippen LogP contribution in [0.3, 0.4) is 0 Å². The Morgan fingerprint density at radius 2 is 1.71 bits per heavy atom. The lowest BCUT2D eigenvalue weighted by atomic mass is 9.99. The van der Waals surface area contributed by atoms with Gasteiger partial charge in [-0.25, -0.2) is 4.98 Å². The first-order valence-electron chi connectivity index (χ1n) is 11.5. The van der Waals surface area contributed by atoms with E-state index in [1.54, 1.807) is 0 Å². The topological polar surface area (TPSA) is 24.3 Å². The van der Waals surface area contributed by atoms with Gasteiger partial charge in [-0.2, -0.15) is 0 Å². The van der Waals surface area contributed by atoms with Crippen LogP contribution in [0.1, 0.15) is 50.6 Å². The zero-order valence-corrected chi connectivity index (χ0v) is 19.6. The van der Waals surface area contributed by atoms with Crippen molar-refractivity contribution < 1.29 is 0 Å². The summed E-state index contributed by atoms with van der Waals surface area (Å²) in [4.78, 5) is 9.91. The number of nitrogens with zero attached hydrogens (tertiary/aromatic N) is 4. The molecule has 0 bridgehead atoms. The summed E-state index contributed by atoms with van der Waals surface area (Å²) in [5, 5.41) is 1.35. The van der Waals surface area contributed by atoms with Crippen LogP contribution in [-0.4, -0.2) is 46.7 Å². The Bertz CT molecular complexity index is 1050. The molecule has 164 valence electrons. The molecular formula is C25H30Cl2N4. The fraction of sp³-hybridized carbons (Fsp3) is 0.480. The van der Waals surface area contributed by atoms with E-state index >= 15 is 0 Å². The maximum atomic E-state index is 6.49. The van der Waals surface area contributed by atoms with Gasteiger partial charge in [0.2, 0.25) is 0 Å². The third-order valence-electron chi connectivity index (χ3n) is 7.12.